The molecule has 1 heterocycles. The Morgan fingerprint density at radius 2 is 1.54 bits per heavy atom. The number of H-pyrrole nitrogens is 1. The summed E-state index contributed by atoms with van der Waals surface area (Å²) in [4.78, 5) is 94.7. The molecule has 0 radical (unpaired) electrons. The van der Waals surface area contributed by atoms with Crippen LogP contribution in [0.15, 0.2) is 72.9 Å². The number of rotatable bonds is 22. The molecule has 4 aromatic rings. The first-order chi connectivity index (χ1) is 27.4. The van der Waals surface area contributed by atoms with Crippen molar-refractivity contribution in [2.45, 2.75) is 70.0 Å². The van der Waals surface area contributed by atoms with E-state index in [0.717, 1.165) is 21.7 Å². The van der Waals surface area contributed by atoms with Crippen molar-refractivity contribution >= 4 is 80.5 Å². The van der Waals surface area contributed by atoms with Gasteiger partial charge in [-0.25, -0.2) is 4.79 Å². The molecule has 0 saturated carbocycles. The van der Waals surface area contributed by atoms with Gasteiger partial charge in [-0.1, -0.05) is 61.9 Å². The maximum atomic E-state index is 14.2. The molecular formula is C40H49ClN8O8. The number of aromatic amines is 1. The van der Waals surface area contributed by atoms with E-state index in [9.17, 15) is 38.7 Å². The molecule has 7 amide bonds. The molecule has 0 fully saturated rings. The lowest BCUT2D eigenvalue weighted by molar-refractivity contribution is -0.141. The normalized spacial score (nSPS) is 12.5. The summed E-state index contributed by atoms with van der Waals surface area (Å²) in [6.45, 7) is 1.62. The molecule has 0 aliphatic heterocycles. The van der Waals surface area contributed by atoms with Crippen molar-refractivity contribution in [2.75, 3.05) is 30.8 Å². The number of carbonyl (C=O) groups is 7. The van der Waals surface area contributed by atoms with Crippen LogP contribution in [-0.4, -0.2) is 100 Å². The van der Waals surface area contributed by atoms with Crippen LogP contribution < -0.4 is 32.3 Å². The zero-order valence-electron chi connectivity index (χ0n) is 31.6. The van der Waals surface area contributed by atoms with Gasteiger partial charge in [-0.15, -0.1) is 11.6 Å². The van der Waals surface area contributed by atoms with Gasteiger partial charge in [0.1, 0.15) is 24.0 Å². The zero-order valence-corrected chi connectivity index (χ0v) is 32.4. The van der Waals surface area contributed by atoms with E-state index in [-0.39, 0.29) is 38.8 Å². The average Bonchev–Trinajstić information content (AvgIpc) is 3.60. The third kappa shape index (κ3) is 13.5. The summed E-state index contributed by atoms with van der Waals surface area (Å²) >= 11 is 5.65. The molecule has 9 N–H and O–H groups in total. The molecule has 0 aliphatic rings. The number of para-hydroxylation sites is 1. The lowest BCUT2D eigenvalue weighted by Crippen LogP contribution is -2.56. The minimum Gasteiger partial charge on any atom is -0.481 e. The van der Waals surface area contributed by atoms with E-state index in [2.05, 4.69) is 31.6 Å². The fraction of sp³-hybridized carbons (Fsp3) is 0.375. The van der Waals surface area contributed by atoms with Gasteiger partial charge in [-0.05, 0) is 60.2 Å². The number of carboxylic acids is 1. The Labute approximate surface area is 334 Å². The van der Waals surface area contributed by atoms with Crippen LogP contribution in [0.1, 0.15) is 51.0 Å². The largest absolute Gasteiger partial charge is 0.481 e. The number of unbranched alkanes of at least 4 members (excludes halogenated alkanes) is 1. The molecule has 3 atom stereocenters. The summed E-state index contributed by atoms with van der Waals surface area (Å²) in [7, 11) is 0. The first-order valence-corrected chi connectivity index (χ1v) is 19.3. The number of carboxylic acid groups (broad SMARTS) is 1. The Hall–Kier alpha value is -6.16. The maximum Gasteiger partial charge on any atom is 0.312 e. The highest BCUT2D eigenvalue weighted by Gasteiger charge is 2.31. The van der Waals surface area contributed by atoms with Crippen molar-refractivity contribution in [3.05, 3.63) is 78.5 Å². The number of anilines is 1. The molecule has 0 saturated heterocycles. The number of hydrogen-bond donors (Lipinski definition) is 8. The summed E-state index contributed by atoms with van der Waals surface area (Å²) in [5.74, 6) is -4.91. The Balaban J connectivity index is 1.59. The molecular weight excluding hydrogens is 756 g/mol. The molecule has 304 valence electrons. The zero-order chi connectivity index (χ0) is 41.3. The SMILES string of the molecule is CCCCN(CC(=O)N[C@@H](Cc1c[nH]c2ccccc12)C(=O)N[C@@H](CCCNC(N)=O)C(=O)Nc1ccc2ccccc2c1)C(=O)[C@H](CCC(=O)O)NC(=O)CCl. The van der Waals surface area contributed by atoms with Crippen molar-refractivity contribution in [3.63, 3.8) is 0 Å². The fourth-order valence-electron chi connectivity index (χ4n) is 6.29. The number of urea groups is 1. The number of aromatic nitrogens is 1. The van der Waals surface area contributed by atoms with Crippen LogP contribution in [0.25, 0.3) is 21.7 Å². The minimum atomic E-state index is -1.26. The van der Waals surface area contributed by atoms with Crippen LogP contribution in [0.4, 0.5) is 10.5 Å². The molecule has 16 nitrogen and oxygen atoms in total. The van der Waals surface area contributed by atoms with Gasteiger partial charge < -0.3 is 47.3 Å². The molecule has 0 aliphatic carbocycles. The first kappa shape index (κ1) is 43.6. The van der Waals surface area contributed by atoms with Gasteiger partial charge in [0.15, 0.2) is 0 Å². The average molecular weight is 805 g/mol. The smallest absolute Gasteiger partial charge is 0.312 e. The summed E-state index contributed by atoms with van der Waals surface area (Å²) in [6, 6.07) is 16.1. The number of nitrogens with zero attached hydrogens (tertiary/aromatic N) is 1. The number of fused-ring (bicyclic) bond motifs is 2. The summed E-state index contributed by atoms with van der Waals surface area (Å²) < 4.78 is 0. The number of nitrogens with one attached hydrogen (secondary N) is 6. The molecule has 0 bridgehead atoms. The second kappa shape index (κ2) is 21.8. The Kier molecular flexibility index (Phi) is 16.7. The summed E-state index contributed by atoms with van der Waals surface area (Å²) in [5.41, 5.74) is 7.22. The highest BCUT2D eigenvalue weighted by Crippen LogP contribution is 2.21. The third-order valence-electron chi connectivity index (χ3n) is 9.20. The Morgan fingerprint density at radius 1 is 0.825 bits per heavy atom. The van der Waals surface area contributed by atoms with Gasteiger partial charge in [0.05, 0.1) is 6.54 Å². The second-order valence-electron chi connectivity index (χ2n) is 13.5. The number of primary amides is 1. The first-order valence-electron chi connectivity index (χ1n) is 18.7. The maximum absolute atomic E-state index is 14.2. The quantitative estimate of drug-likeness (QED) is 0.0432. The van der Waals surface area contributed by atoms with Gasteiger partial charge >= 0.3 is 12.0 Å². The van der Waals surface area contributed by atoms with Crippen molar-refractivity contribution in [1.82, 2.24) is 31.2 Å². The monoisotopic (exact) mass is 804 g/mol. The van der Waals surface area contributed by atoms with Crippen LogP contribution in [-0.2, 0) is 35.2 Å². The van der Waals surface area contributed by atoms with Gasteiger partial charge in [-0.2, -0.15) is 0 Å². The summed E-state index contributed by atoms with van der Waals surface area (Å²) in [5, 5.41) is 25.3. The Morgan fingerprint density at radius 3 is 2.26 bits per heavy atom. The fourth-order valence-corrected chi connectivity index (χ4v) is 6.37. The van der Waals surface area contributed by atoms with E-state index < -0.39 is 78.5 Å². The second-order valence-corrected chi connectivity index (χ2v) is 13.8. The van der Waals surface area contributed by atoms with Crippen LogP contribution in [0.2, 0.25) is 0 Å². The predicted molar refractivity (Wildman–Crippen MR) is 216 cm³/mol. The molecule has 0 spiro atoms. The highest BCUT2D eigenvalue weighted by molar-refractivity contribution is 6.27. The molecule has 1 aromatic heterocycles. The number of nitrogens with two attached hydrogens (primary N) is 1. The number of aliphatic carboxylic acids is 1. The van der Waals surface area contributed by atoms with Gasteiger partial charge in [-0.3, -0.25) is 28.8 Å². The number of amides is 7. The van der Waals surface area contributed by atoms with Crippen molar-refractivity contribution in [1.29, 1.82) is 0 Å². The highest BCUT2D eigenvalue weighted by atomic mass is 35.5. The lowest BCUT2D eigenvalue weighted by atomic mass is 10.0. The molecule has 4 rings (SSSR count). The minimum absolute atomic E-state index is 0.000244. The van der Waals surface area contributed by atoms with E-state index >= 15 is 0 Å². The number of carbonyl (C=O) groups excluding carboxylic acids is 6. The van der Waals surface area contributed by atoms with Gasteiger partial charge in [0.25, 0.3) is 0 Å². The standard InChI is InChI=1S/C40H49ClN8O8/c1-2-3-19-49(39(56)32(16-17-36(52)53)46-34(50)22-41)24-35(51)47-33(21-27-23-44-30-12-7-6-11-29(27)30)38(55)48-31(13-8-18-43-40(42)57)37(54)45-28-15-14-25-9-4-5-10-26(25)20-28/h4-7,9-12,14-15,20,23,31-33,44H,2-3,8,13,16-19,21-22,24H2,1H3,(H,45,54)(H,46,50)(H,47,51)(H,48,55)(H,52,53)(H3,42,43,57)/t31-,32-,33-/m0/s1. The number of hydrogen-bond acceptors (Lipinski definition) is 7. The van der Waals surface area contributed by atoms with Crippen LogP contribution >= 0.6 is 11.6 Å². The number of benzene rings is 3. The molecule has 57 heavy (non-hydrogen) atoms. The van der Waals surface area contributed by atoms with Crippen molar-refractivity contribution in [3.8, 4) is 0 Å². The van der Waals surface area contributed by atoms with E-state index in [4.69, 9.17) is 17.3 Å². The molecule has 0 unspecified atom stereocenters. The van der Waals surface area contributed by atoms with Gasteiger partial charge in [0, 0.05) is 48.7 Å². The molecule has 3 aromatic carbocycles. The van der Waals surface area contributed by atoms with Crippen LogP contribution in [0.5, 0.6) is 0 Å². The van der Waals surface area contributed by atoms with E-state index in [0.29, 0.717) is 24.1 Å². The molecule has 17 heteroatoms. The predicted octanol–water partition coefficient (Wildman–Crippen LogP) is 3.14. The number of alkyl halides is 1. The van der Waals surface area contributed by atoms with E-state index in [1.54, 1.807) is 18.3 Å². The van der Waals surface area contributed by atoms with Gasteiger partial charge in [0.2, 0.25) is 29.5 Å². The van der Waals surface area contributed by atoms with Crippen LogP contribution in [0, 0.1) is 0 Å². The number of halogens is 1. The topological polar surface area (TPSA) is 245 Å². The summed E-state index contributed by atoms with van der Waals surface area (Å²) in [6.07, 6.45) is 2.59. The third-order valence-corrected chi connectivity index (χ3v) is 9.44. The Bertz CT molecular complexity index is 2060. The van der Waals surface area contributed by atoms with Crippen LogP contribution in [0.3, 0.4) is 0 Å². The van der Waals surface area contributed by atoms with Crippen molar-refractivity contribution < 1.29 is 38.7 Å². The lowest BCUT2D eigenvalue weighted by Gasteiger charge is -2.28. The van der Waals surface area contributed by atoms with Crippen molar-refractivity contribution in [2.24, 2.45) is 5.73 Å². The van der Waals surface area contributed by atoms with E-state index in [1.165, 1.54) is 4.90 Å². The van der Waals surface area contributed by atoms with E-state index in [1.807, 2.05) is 61.5 Å².